The molecule has 2 atom stereocenters. The Bertz CT molecular complexity index is 635. The molecule has 3 rings (SSSR count). The molecule has 2 aliphatic rings. The molecular weight excluding hydrogens is 326 g/mol. The maximum absolute atomic E-state index is 13.1. The van der Waals surface area contributed by atoms with Crippen LogP contribution in [0.25, 0.3) is 0 Å². The van der Waals surface area contributed by atoms with Crippen LogP contribution >= 0.6 is 0 Å². The third kappa shape index (κ3) is 4.29. The number of ether oxygens (including phenoxy) is 2. The Morgan fingerprint density at radius 3 is 2.54 bits per heavy atom. The number of benzene rings is 1. The molecule has 0 N–H and O–H groups in total. The number of hydrogen-bond acceptors (Lipinski definition) is 3. The molecule has 26 heavy (non-hydrogen) atoms. The highest BCUT2D eigenvalue weighted by Gasteiger charge is 2.46. The van der Waals surface area contributed by atoms with Crippen molar-refractivity contribution in [1.29, 1.82) is 0 Å². The van der Waals surface area contributed by atoms with E-state index < -0.39 is 11.2 Å². The van der Waals surface area contributed by atoms with Crippen molar-refractivity contribution < 1.29 is 14.3 Å². The van der Waals surface area contributed by atoms with Gasteiger partial charge in [-0.2, -0.15) is 0 Å². The maximum atomic E-state index is 13.1. The minimum atomic E-state index is -0.518. The fraction of sp³-hybridized carbons (Fsp3) is 0.591. The van der Waals surface area contributed by atoms with Gasteiger partial charge in [0.1, 0.15) is 11.2 Å². The van der Waals surface area contributed by atoms with Gasteiger partial charge in [-0.1, -0.05) is 61.7 Å². The van der Waals surface area contributed by atoms with E-state index in [2.05, 4.69) is 24.3 Å². The first kappa shape index (κ1) is 19.0. The van der Waals surface area contributed by atoms with Crippen molar-refractivity contribution in [2.75, 3.05) is 13.2 Å². The summed E-state index contributed by atoms with van der Waals surface area (Å²) in [5.41, 5.74) is 0.116. The number of carbonyl (C=O) groups is 1. The van der Waals surface area contributed by atoms with Crippen molar-refractivity contribution in [2.24, 2.45) is 0 Å². The summed E-state index contributed by atoms with van der Waals surface area (Å²) in [5.74, 6) is 0. The zero-order valence-corrected chi connectivity index (χ0v) is 16.2. The van der Waals surface area contributed by atoms with Crippen molar-refractivity contribution in [3.05, 3.63) is 48.0 Å². The van der Waals surface area contributed by atoms with Crippen LogP contribution in [-0.4, -0.2) is 35.3 Å². The molecule has 1 spiro atoms. The highest BCUT2D eigenvalue weighted by Crippen LogP contribution is 2.43. The molecular formula is C22H31NO3. The Balaban J connectivity index is 2.03. The van der Waals surface area contributed by atoms with Crippen molar-refractivity contribution in [3.8, 4) is 0 Å². The molecule has 1 amide bonds. The highest BCUT2D eigenvalue weighted by atomic mass is 16.6. The van der Waals surface area contributed by atoms with E-state index in [1.807, 2.05) is 43.9 Å². The first-order chi connectivity index (χ1) is 12.4. The Morgan fingerprint density at radius 2 is 1.88 bits per heavy atom. The Kier molecular flexibility index (Phi) is 5.71. The zero-order valence-electron chi connectivity index (χ0n) is 16.2. The number of nitrogens with zero attached hydrogens (tertiary/aromatic N) is 1. The van der Waals surface area contributed by atoms with Gasteiger partial charge in [0.05, 0.1) is 12.6 Å². The predicted molar refractivity (Wildman–Crippen MR) is 103 cm³/mol. The topological polar surface area (TPSA) is 38.8 Å². The SMILES string of the molecule is CC(C)(C)OC(=O)N1CCCCCCC2(C=CCO2)[C@@H]1c1ccccc1. The third-order valence-corrected chi connectivity index (χ3v) is 5.08. The van der Waals surface area contributed by atoms with E-state index in [4.69, 9.17) is 9.47 Å². The largest absolute Gasteiger partial charge is 0.444 e. The molecule has 2 aliphatic heterocycles. The lowest BCUT2D eigenvalue weighted by molar-refractivity contribution is -0.0604. The summed E-state index contributed by atoms with van der Waals surface area (Å²) in [7, 11) is 0. The van der Waals surface area contributed by atoms with Crippen LogP contribution in [0.1, 0.15) is 64.5 Å². The molecule has 0 aliphatic carbocycles. The molecule has 1 aromatic carbocycles. The summed E-state index contributed by atoms with van der Waals surface area (Å²) in [6.45, 7) is 7.04. The second-order valence-corrected chi connectivity index (χ2v) is 8.32. The second-order valence-electron chi connectivity index (χ2n) is 8.32. The number of hydrogen-bond donors (Lipinski definition) is 0. The Hall–Kier alpha value is -1.81. The van der Waals surface area contributed by atoms with E-state index in [1.54, 1.807) is 0 Å². The summed E-state index contributed by atoms with van der Waals surface area (Å²) >= 11 is 0. The lowest BCUT2D eigenvalue weighted by Gasteiger charge is -2.43. The third-order valence-electron chi connectivity index (χ3n) is 5.08. The quantitative estimate of drug-likeness (QED) is 0.644. The fourth-order valence-electron chi connectivity index (χ4n) is 4.01. The Morgan fingerprint density at radius 1 is 1.15 bits per heavy atom. The van der Waals surface area contributed by atoms with Gasteiger partial charge in [0.15, 0.2) is 0 Å². The van der Waals surface area contributed by atoms with Crippen molar-refractivity contribution >= 4 is 6.09 Å². The lowest BCUT2D eigenvalue weighted by atomic mass is 9.83. The van der Waals surface area contributed by atoms with Crippen molar-refractivity contribution in [3.63, 3.8) is 0 Å². The van der Waals surface area contributed by atoms with Gasteiger partial charge >= 0.3 is 6.09 Å². The van der Waals surface area contributed by atoms with Crippen LogP contribution < -0.4 is 0 Å². The molecule has 0 radical (unpaired) electrons. The smallest absolute Gasteiger partial charge is 0.410 e. The minimum absolute atomic E-state index is 0.171. The average Bonchev–Trinajstić information content (AvgIpc) is 3.08. The molecule has 4 nitrogen and oxygen atoms in total. The van der Waals surface area contributed by atoms with Crippen LogP contribution in [0.15, 0.2) is 42.5 Å². The summed E-state index contributed by atoms with van der Waals surface area (Å²) in [5, 5.41) is 0. The summed E-state index contributed by atoms with van der Waals surface area (Å²) in [6.07, 6.45) is 9.31. The van der Waals surface area contributed by atoms with E-state index in [0.717, 1.165) is 31.2 Å². The molecule has 0 aromatic heterocycles. The predicted octanol–water partition coefficient (Wildman–Crippen LogP) is 5.25. The molecule has 4 heteroatoms. The van der Waals surface area contributed by atoms with E-state index in [1.165, 1.54) is 6.42 Å². The summed E-state index contributed by atoms with van der Waals surface area (Å²) in [6, 6.07) is 10.1. The van der Waals surface area contributed by atoms with Gasteiger partial charge in [-0.3, -0.25) is 4.90 Å². The molecule has 1 saturated heterocycles. The van der Waals surface area contributed by atoms with Crippen LogP contribution in [0.4, 0.5) is 4.79 Å². The van der Waals surface area contributed by atoms with Crippen LogP contribution in [0.5, 0.6) is 0 Å². The van der Waals surface area contributed by atoms with Gasteiger partial charge < -0.3 is 9.47 Å². The molecule has 1 aromatic rings. The minimum Gasteiger partial charge on any atom is -0.444 e. The molecule has 0 bridgehead atoms. The van der Waals surface area contributed by atoms with E-state index in [-0.39, 0.29) is 12.1 Å². The summed E-state index contributed by atoms with van der Waals surface area (Å²) < 4.78 is 12.1. The zero-order chi connectivity index (χ0) is 18.6. The van der Waals surface area contributed by atoms with Crippen LogP contribution in [0, 0.1) is 0 Å². The monoisotopic (exact) mass is 357 g/mol. The molecule has 142 valence electrons. The standard InChI is InChI=1S/C22H31NO3/c1-21(2,3)26-20(24)23-16-10-5-4-9-14-22(15-11-17-25-22)19(23)18-12-7-6-8-13-18/h6-8,11-13,15,19H,4-5,9-10,14,16-17H2,1-3H3/t19-,22?/m0/s1. The van der Waals surface area contributed by atoms with Crippen molar-refractivity contribution in [1.82, 2.24) is 4.90 Å². The van der Waals surface area contributed by atoms with Gasteiger partial charge in [0.2, 0.25) is 0 Å². The normalized spacial score (nSPS) is 27.0. The van der Waals surface area contributed by atoms with E-state index in [0.29, 0.717) is 13.2 Å². The van der Waals surface area contributed by atoms with E-state index >= 15 is 0 Å². The summed E-state index contributed by atoms with van der Waals surface area (Å²) in [4.78, 5) is 15.0. The molecule has 0 saturated carbocycles. The molecule has 1 unspecified atom stereocenters. The van der Waals surface area contributed by atoms with Gasteiger partial charge in [-0.25, -0.2) is 4.79 Å². The second kappa shape index (κ2) is 7.83. The highest BCUT2D eigenvalue weighted by molar-refractivity contribution is 5.69. The number of carbonyl (C=O) groups excluding carboxylic acids is 1. The average molecular weight is 357 g/mol. The molecule has 2 heterocycles. The first-order valence-electron chi connectivity index (χ1n) is 9.78. The van der Waals surface area contributed by atoms with Crippen LogP contribution in [-0.2, 0) is 9.47 Å². The first-order valence-corrected chi connectivity index (χ1v) is 9.78. The van der Waals surface area contributed by atoms with Crippen LogP contribution in [0.2, 0.25) is 0 Å². The Labute approximate surface area is 157 Å². The number of rotatable bonds is 1. The maximum Gasteiger partial charge on any atom is 0.410 e. The van der Waals surface area contributed by atoms with Gasteiger partial charge in [0.25, 0.3) is 0 Å². The van der Waals surface area contributed by atoms with Gasteiger partial charge in [0, 0.05) is 6.54 Å². The number of amides is 1. The van der Waals surface area contributed by atoms with Crippen molar-refractivity contribution in [2.45, 2.75) is 70.1 Å². The molecule has 1 fully saturated rings. The van der Waals surface area contributed by atoms with Crippen LogP contribution in [0.3, 0.4) is 0 Å². The van der Waals surface area contributed by atoms with Gasteiger partial charge in [-0.15, -0.1) is 0 Å². The van der Waals surface area contributed by atoms with E-state index in [9.17, 15) is 4.79 Å². The fourth-order valence-corrected chi connectivity index (χ4v) is 4.01. The van der Waals surface area contributed by atoms with Gasteiger partial charge in [-0.05, 0) is 39.2 Å². The lowest BCUT2D eigenvalue weighted by Crippen LogP contribution is -2.49.